The van der Waals surface area contributed by atoms with Crippen molar-refractivity contribution >= 4 is 5.70 Å². The Hall–Kier alpha value is -3.00. The summed E-state index contributed by atoms with van der Waals surface area (Å²) in [6, 6.07) is 9.51. The van der Waals surface area contributed by atoms with Gasteiger partial charge in [0.2, 0.25) is 12.7 Å². The van der Waals surface area contributed by atoms with Crippen LogP contribution in [0.1, 0.15) is 42.7 Å². The van der Waals surface area contributed by atoms with Crippen LogP contribution < -0.4 is 4.68 Å². The molecule has 1 aromatic heterocycles. The monoisotopic (exact) mass is 458 g/mol. The lowest BCUT2D eigenvalue weighted by Crippen LogP contribution is -2.35. The molecule has 5 nitrogen and oxygen atoms in total. The van der Waals surface area contributed by atoms with Crippen molar-refractivity contribution in [2.45, 2.75) is 46.3 Å². The summed E-state index contributed by atoms with van der Waals surface area (Å²) in [5, 5.41) is 18.7. The van der Waals surface area contributed by atoms with Crippen LogP contribution in [0.15, 0.2) is 49.3 Å². The zero-order valence-electron chi connectivity index (χ0n) is 19.2. The topological polar surface area (TPSA) is 64.0 Å². The van der Waals surface area contributed by atoms with Crippen LogP contribution in [0.5, 0.6) is 0 Å². The van der Waals surface area contributed by atoms with Crippen molar-refractivity contribution in [2.24, 2.45) is 5.41 Å². The van der Waals surface area contributed by atoms with Crippen molar-refractivity contribution in [3.63, 3.8) is 0 Å². The highest BCUT2D eigenvalue weighted by molar-refractivity contribution is 5.82. The average Bonchev–Trinajstić information content (AvgIpc) is 3.02. The van der Waals surface area contributed by atoms with Gasteiger partial charge in [-0.15, -0.1) is 18.8 Å². The summed E-state index contributed by atoms with van der Waals surface area (Å²) in [6.45, 7) is 10.7. The largest absolute Gasteiger partial charge is 0.684 e. The molecule has 0 fully saturated rings. The minimum atomic E-state index is -4.19. The van der Waals surface area contributed by atoms with Gasteiger partial charge in [0.25, 0.3) is 0 Å². The quantitative estimate of drug-likeness (QED) is 0.455. The highest BCUT2D eigenvalue weighted by atomic mass is 19.4. The molecule has 0 bridgehead atoms. The number of alkyl halides is 3. The van der Waals surface area contributed by atoms with E-state index in [1.807, 2.05) is 50.4 Å². The van der Waals surface area contributed by atoms with Crippen molar-refractivity contribution in [3.8, 4) is 11.3 Å². The molecule has 1 aliphatic carbocycles. The molecule has 0 spiro atoms. The molecule has 0 radical (unpaired) electrons. The van der Waals surface area contributed by atoms with Crippen LogP contribution in [0.2, 0.25) is 0 Å². The summed E-state index contributed by atoms with van der Waals surface area (Å²) < 4.78 is 39.3. The molecule has 0 saturated carbocycles. The van der Waals surface area contributed by atoms with Crippen molar-refractivity contribution in [1.82, 2.24) is 10.1 Å². The molecular weight excluding hydrogens is 429 g/mol. The van der Waals surface area contributed by atoms with Crippen LogP contribution in [-0.4, -0.2) is 34.5 Å². The van der Waals surface area contributed by atoms with Gasteiger partial charge in [0, 0.05) is 35.6 Å². The molecule has 1 aliphatic heterocycles. The maximum atomic E-state index is 12.5. The van der Waals surface area contributed by atoms with Crippen molar-refractivity contribution in [1.29, 1.82) is 0 Å². The zero-order valence-corrected chi connectivity index (χ0v) is 19.2. The third kappa shape index (κ3) is 6.74. The smallest absolute Gasteiger partial charge is 0.389 e. The minimum Gasteiger partial charge on any atom is -0.684 e. The van der Waals surface area contributed by atoms with E-state index in [4.69, 9.17) is 0 Å². The second-order valence-corrected chi connectivity index (χ2v) is 9.07. The Kier molecular flexibility index (Phi) is 7.37. The first-order valence-electron chi connectivity index (χ1n) is 10.8. The van der Waals surface area contributed by atoms with E-state index in [0.717, 1.165) is 27.9 Å². The fourth-order valence-electron chi connectivity index (χ4n) is 3.39. The Morgan fingerprint density at radius 2 is 1.94 bits per heavy atom. The number of aromatic nitrogens is 3. The second-order valence-electron chi connectivity index (χ2n) is 9.07. The number of aliphatic hydroxyl groups excluding tert-OH is 1. The van der Waals surface area contributed by atoms with Crippen LogP contribution >= 0.6 is 0 Å². The van der Waals surface area contributed by atoms with Gasteiger partial charge < -0.3 is 10.4 Å². The third-order valence-corrected chi connectivity index (χ3v) is 5.38. The van der Waals surface area contributed by atoms with Crippen LogP contribution in [0.4, 0.5) is 13.2 Å². The predicted molar refractivity (Wildman–Crippen MR) is 122 cm³/mol. The molecule has 0 aromatic carbocycles. The first kappa shape index (κ1) is 24.6. The molecule has 0 unspecified atom stereocenters. The summed E-state index contributed by atoms with van der Waals surface area (Å²) >= 11 is 0. The third-order valence-electron chi connectivity index (χ3n) is 5.38. The van der Waals surface area contributed by atoms with Crippen LogP contribution in [0.25, 0.3) is 22.3 Å². The van der Waals surface area contributed by atoms with Gasteiger partial charge in [0.1, 0.15) is 5.69 Å². The number of fused-ring (bicyclic) bond motifs is 1. The molecular formula is C25H29F3N4O. The van der Waals surface area contributed by atoms with E-state index in [1.54, 1.807) is 17.8 Å². The standard InChI is InChI=1S/C25H29F3N4O/c1-17-11-19(12-29-22(17)9-10-25(26,27)28)13-32-14-21-20(7-5-6-8-23(21)31-32)18(2)30-15-24(3,4)16-33/h5-8,11-12,14,33H,2,9-10,13,15-16H2,1,3-4H3. The van der Waals surface area contributed by atoms with Crippen LogP contribution in [-0.2, 0) is 13.0 Å². The number of nitrogens with zero attached hydrogens (tertiary/aromatic N) is 4. The van der Waals surface area contributed by atoms with Gasteiger partial charge in [-0.05, 0) is 42.0 Å². The summed E-state index contributed by atoms with van der Waals surface area (Å²) in [7, 11) is 0. The van der Waals surface area contributed by atoms with Crippen molar-refractivity contribution in [2.75, 3.05) is 13.2 Å². The Balaban J connectivity index is 1.80. The van der Waals surface area contributed by atoms with Gasteiger partial charge in [-0.2, -0.15) is 13.2 Å². The summed E-state index contributed by atoms with van der Waals surface area (Å²) in [5.74, 6) is 0. The number of hydrogen-bond donors (Lipinski definition) is 1. The Bertz CT molecular complexity index is 1100. The summed E-state index contributed by atoms with van der Waals surface area (Å²) in [4.78, 5) is 4.25. The van der Waals surface area contributed by atoms with E-state index >= 15 is 0 Å². The molecule has 0 saturated heterocycles. The molecule has 8 heteroatoms. The minimum absolute atomic E-state index is 0.0299. The maximum Gasteiger partial charge on any atom is 0.389 e. The zero-order chi connectivity index (χ0) is 24.2. The molecule has 0 amide bonds. The number of pyridine rings is 1. The lowest BCUT2D eigenvalue weighted by atomic mass is 9.94. The Labute approximate surface area is 192 Å². The Morgan fingerprint density at radius 3 is 2.61 bits per heavy atom. The van der Waals surface area contributed by atoms with E-state index in [0.29, 0.717) is 24.5 Å². The Morgan fingerprint density at radius 1 is 1.21 bits per heavy atom. The maximum absolute atomic E-state index is 12.5. The van der Waals surface area contributed by atoms with Crippen LogP contribution in [0, 0.1) is 12.3 Å². The summed E-state index contributed by atoms with van der Waals surface area (Å²) in [5.41, 5.74) is 4.85. The van der Waals surface area contributed by atoms with Crippen molar-refractivity contribution in [3.05, 3.63) is 77.0 Å². The van der Waals surface area contributed by atoms with E-state index in [9.17, 15) is 18.3 Å². The van der Waals surface area contributed by atoms with Crippen molar-refractivity contribution < 1.29 is 23.0 Å². The fourth-order valence-corrected chi connectivity index (χ4v) is 3.39. The van der Waals surface area contributed by atoms with Gasteiger partial charge in [-0.3, -0.25) is 4.98 Å². The average molecular weight is 459 g/mol. The van der Waals surface area contributed by atoms with Gasteiger partial charge in [0.15, 0.2) is 0 Å². The lowest BCUT2D eigenvalue weighted by Gasteiger charge is -2.34. The normalized spacial score (nSPS) is 12.2. The number of aliphatic hydroxyl groups is 1. The van der Waals surface area contributed by atoms with E-state index < -0.39 is 12.6 Å². The number of rotatable bonds is 9. The number of aryl methyl sites for hydroxylation is 2. The van der Waals surface area contributed by atoms with Crippen LogP contribution in [0.3, 0.4) is 0 Å². The van der Waals surface area contributed by atoms with Gasteiger partial charge >= 0.3 is 6.18 Å². The highest BCUT2D eigenvalue weighted by Gasteiger charge is 2.27. The SMILES string of the molecule is C=C([N-]CC(C)(C)CO)c1ccccc2n[n+](Cc3cnc(CCC(F)(F)F)c(C)c3)cc1-2. The molecule has 3 rings (SSSR count). The first-order valence-corrected chi connectivity index (χ1v) is 10.8. The molecule has 2 aliphatic rings. The molecule has 1 N–H and O–H groups in total. The number of hydrogen-bond acceptors (Lipinski definition) is 3. The van der Waals surface area contributed by atoms with E-state index in [-0.39, 0.29) is 18.4 Å². The number of halogens is 3. The fraction of sp³-hybridized carbons (Fsp3) is 0.400. The molecule has 33 heavy (non-hydrogen) atoms. The predicted octanol–water partition coefficient (Wildman–Crippen LogP) is 5.08. The summed E-state index contributed by atoms with van der Waals surface area (Å²) in [6.07, 6.45) is -1.68. The second kappa shape index (κ2) is 9.87. The molecule has 2 heterocycles. The van der Waals surface area contributed by atoms with Gasteiger partial charge in [-0.25, -0.2) is 0 Å². The van der Waals surface area contributed by atoms with Gasteiger partial charge in [-0.1, -0.05) is 36.7 Å². The first-order chi connectivity index (χ1) is 15.5. The highest BCUT2D eigenvalue weighted by Crippen LogP contribution is 2.31. The molecule has 176 valence electrons. The molecule has 1 aromatic rings. The van der Waals surface area contributed by atoms with Gasteiger partial charge in [0.05, 0.1) is 5.56 Å². The van der Waals surface area contributed by atoms with E-state index in [2.05, 4.69) is 22.0 Å². The molecule has 0 atom stereocenters. The lowest BCUT2D eigenvalue weighted by molar-refractivity contribution is -0.740. The van der Waals surface area contributed by atoms with E-state index in [1.165, 1.54) is 0 Å².